The van der Waals surface area contributed by atoms with Gasteiger partial charge in [-0.05, 0) is 59.8 Å². The number of fused-ring (bicyclic) bond motifs is 1. The van der Waals surface area contributed by atoms with Crippen molar-refractivity contribution >= 4 is 51.4 Å². The Hall–Kier alpha value is -3.82. The van der Waals surface area contributed by atoms with Crippen LogP contribution in [0.15, 0.2) is 87.0 Å². The molecule has 3 heterocycles. The Bertz CT molecular complexity index is 1340. The Labute approximate surface area is 204 Å². The molecule has 2 aliphatic heterocycles. The number of aliphatic imine (C=N–C) groups is 1. The predicted molar refractivity (Wildman–Crippen MR) is 132 cm³/mol. The standard InChI is InChI=1S/C24H17ClN4O4S/c25-18-14-15(8-9-19(18)33-12-11-31-16-5-2-1-3-6-16)13-17-21(26)29-24(27-22(17)30)34-23(28-29)20-7-4-10-32-20/h1-10,13-14,26H,11-12H2. The molecule has 0 atom stereocenters. The van der Waals surface area contributed by atoms with E-state index in [9.17, 15) is 4.79 Å². The molecule has 1 amide bonds. The number of carbonyl (C=O) groups excluding carboxylic acids is 1. The number of benzene rings is 2. The van der Waals surface area contributed by atoms with Crippen molar-refractivity contribution in [3.05, 3.63) is 88.8 Å². The van der Waals surface area contributed by atoms with Crippen LogP contribution in [-0.4, -0.2) is 40.2 Å². The number of thioether (sulfide) groups is 1. The van der Waals surface area contributed by atoms with Crippen LogP contribution in [0.3, 0.4) is 0 Å². The highest BCUT2D eigenvalue weighted by molar-refractivity contribution is 8.27. The summed E-state index contributed by atoms with van der Waals surface area (Å²) in [5.74, 6) is 1.22. The number of hydrogen-bond acceptors (Lipinski definition) is 7. The van der Waals surface area contributed by atoms with Gasteiger partial charge in [0.05, 0.1) is 16.9 Å². The van der Waals surface area contributed by atoms with E-state index in [-0.39, 0.29) is 11.4 Å². The molecule has 3 aromatic rings. The third-order valence-electron chi connectivity index (χ3n) is 4.81. The summed E-state index contributed by atoms with van der Waals surface area (Å²) in [6.45, 7) is 0.685. The molecule has 5 rings (SSSR count). The molecule has 2 aromatic carbocycles. The van der Waals surface area contributed by atoms with Gasteiger partial charge in [0.25, 0.3) is 5.91 Å². The van der Waals surface area contributed by atoms with Crippen LogP contribution in [0, 0.1) is 5.41 Å². The molecule has 0 spiro atoms. The number of amidine groups is 2. The molecule has 1 N–H and O–H groups in total. The van der Waals surface area contributed by atoms with Gasteiger partial charge in [0.1, 0.15) is 24.7 Å². The van der Waals surface area contributed by atoms with Crippen molar-refractivity contribution in [1.29, 1.82) is 5.41 Å². The minimum absolute atomic E-state index is 0.0708. The first kappa shape index (κ1) is 22.0. The largest absolute Gasteiger partial charge is 0.490 e. The fraction of sp³-hybridized carbons (Fsp3) is 0.0833. The molecule has 1 aromatic heterocycles. The summed E-state index contributed by atoms with van der Waals surface area (Å²) in [6, 6.07) is 18.1. The van der Waals surface area contributed by atoms with Crippen LogP contribution in [0.2, 0.25) is 5.02 Å². The number of ether oxygens (including phenoxy) is 2. The van der Waals surface area contributed by atoms with E-state index in [1.165, 1.54) is 23.0 Å². The smallest absolute Gasteiger partial charge is 0.283 e. The fourth-order valence-corrected chi connectivity index (χ4v) is 4.31. The zero-order chi connectivity index (χ0) is 23.5. The number of para-hydroxylation sites is 1. The van der Waals surface area contributed by atoms with Gasteiger partial charge in [-0.2, -0.15) is 15.1 Å². The molecule has 0 saturated heterocycles. The van der Waals surface area contributed by atoms with Crippen molar-refractivity contribution in [3.63, 3.8) is 0 Å². The number of furan rings is 1. The zero-order valence-corrected chi connectivity index (χ0v) is 19.2. The average Bonchev–Trinajstić information content (AvgIpc) is 3.51. The minimum Gasteiger partial charge on any atom is -0.490 e. The van der Waals surface area contributed by atoms with Gasteiger partial charge < -0.3 is 13.9 Å². The first-order valence-corrected chi connectivity index (χ1v) is 11.4. The SMILES string of the molecule is N=C1C(=Cc2ccc(OCCOc3ccccc3)c(Cl)c2)C(=O)N=C2SC(c3ccco3)=NN12. The van der Waals surface area contributed by atoms with E-state index in [0.717, 1.165) is 5.75 Å². The first-order chi connectivity index (χ1) is 16.6. The number of halogens is 1. The molecule has 34 heavy (non-hydrogen) atoms. The van der Waals surface area contributed by atoms with Gasteiger partial charge in [0, 0.05) is 0 Å². The predicted octanol–water partition coefficient (Wildman–Crippen LogP) is 5.06. The maximum absolute atomic E-state index is 12.6. The van der Waals surface area contributed by atoms with Crippen LogP contribution in [0.5, 0.6) is 11.5 Å². The number of carbonyl (C=O) groups is 1. The van der Waals surface area contributed by atoms with Crippen LogP contribution < -0.4 is 9.47 Å². The second-order valence-electron chi connectivity index (χ2n) is 7.10. The van der Waals surface area contributed by atoms with Gasteiger partial charge in [-0.3, -0.25) is 10.2 Å². The van der Waals surface area contributed by atoms with E-state index in [1.54, 1.807) is 36.4 Å². The van der Waals surface area contributed by atoms with Gasteiger partial charge in [0.15, 0.2) is 16.6 Å². The van der Waals surface area contributed by atoms with Crippen molar-refractivity contribution in [1.82, 2.24) is 5.01 Å². The van der Waals surface area contributed by atoms with E-state index in [2.05, 4.69) is 10.1 Å². The summed E-state index contributed by atoms with van der Waals surface area (Å²) in [5.41, 5.74) is 0.738. The Morgan fingerprint density at radius 1 is 1.09 bits per heavy atom. The lowest BCUT2D eigenvalue weighted by molar-refractivity contribution is -0.114. The number of hydrazone groups is 1. The van der Waals surface area contributed by atoms with Crippen molar-refractivity contribution < 1.29 is 18.7 Å². The third kappa shape index (κ3) is 4.61. The maximum atomic E-state index is 12.6. The number of nitrogens with one attached hydrogen (secondary N) is 1. The molecule has 10 heteroatoms. The first-order valence-electron chi connectivity index (χ1n) is 10.2. The molecule has 170 valence electrons. The lowest BCUT2D eigenvalue weighted by Crippen LogP contribution is -2.35. The monoisotopic (exact) mass is 492 g/mol. The number of nitrogens with zero attached hydrogens (tertiary/aromatic N) is 3. The molecule has 0 fully saturated rings. The van der Waals surface area contributed by atoms with Crippen LogP contribution in [0.1, 0.15) is 11.3 Å². The Morgan fingerprint density at radius 3 is 2.68 bits per heavy atom. The summed E-state index contributed by atoms with van der Waals surface area (Å²) in [4.78, 5) is 16.7. The van der Waals surface area contributed by atoms with Crippen molar-refractivity contribution in [2.24, 2.45) is 10.1 Å². The lowest BCUT2D eigenvalue weighted by Gasteiger charge is -2.20. The quantitative estimate of drug-likeness (QED) is 0.365. The highest BCUT2D eigenvalue weighted by Gasteiger charge is 2.36. The second kappa shape index (κ2) is 9.58. The molecule has 0 bridgehead atoms. The maximum Gasteiger partial charge on any atom is 0.283 e. The van der Waals surface area contributed by atoms with Crippen molar-refractivity contribution in [3.8, 4) is 11.5 Å². The normalized spacial score (nSPS) is 16.4. The zero-order valence-electron chi connectivity index (χ0n) is 17.6. The van der Waals surface area contributed by atoms with Crippen molar-refractivity contribution in [2.45, 2.75) is 0 Å². The Kier molecular flexibility index (Phi) is 6.20. The molecule has 0 radical (unpaired) electrons. The van der Waals surface area contributed by atoms with Gasteiger partial charge in [0.2, 0.25) is 5.17 Å². The van der Waals surface area contributed by atoms with Crippen molar-refractivity contribution in [2.75, 3.05) is 13.2 Å². The molecule has 0 aliphatic carbocycles. The van der Waals surface area contributed by atoms with Gasteiger partial charge in [-0.25, -0.2) is 0 Å². The number of hydrogen-bond donors (Lipinski definition) is 1. The Balaban J connectivity index is 1.26. The highest BCUT2D eigenvalue weighted by atomic mass is 35.5. The van der Waals surface area contributed by atoms with Crippen LogP contribution in [0.25, 0.3) is 6.08 Å². The summed E-state index contributed by atoms with van der Waals surface area (Å²) in [6.07, 6.45) is 3.09. The summed E-state index contributed by atoms with van der Waals surface area (Å²) >= 11 is 7.55. The summed E-state index contributed by atoms with van der Waals surface area (Å²) in [7, 11) is 0. The van der Waals surface area contributed by atoms with Crippen LogP contribution >= 0.6 is 23.4 Å². The van der Waals surface area contributed by atoms with Gasteiger partial charge in [-0.1, -0.05) is 35.9 Å². The van der Waals surface area contributed by atoms with Gasteiger partial charge in [-0.15, -0.1) is 0 Å². The third-order valence-corrected chi connectivity index (χ3v) is 6.02. The van der Waals surface area contributed by atoms with E-state index >= 15 is 0 Å². The topological polar surface area (TPSA) is 100 Å². The fourth-order valence-electron chi connectivity index (χ4n) is 3.21. The van der Waals surface area contributed by atoms with E-state index in [1.807, 2.05) is 30.3 Å². The highest BCUT2D eigenvalue weighted by Crippen LogP contribution is 2.32. The average molecular weight is 493 g/mol. The molecular formula is C24H17ClN4O4S. The molecule has 8 nitrogen and oxygen atoms in total. The Morgan fingerprint density at radius 2 is 1.91 bits per heavy atom. The van der Waals surface area contributed by atoms with Gasteiger partial charge >= 0.3 is 0 Å². The molecule has 2 aliphatic rings. The van der Waals surface area contributed by atoms with Crippen LogP contribution in [-0.2, 0) is 4.79 Å². The van der Waals surface area contributed by atoms with E-state index < -0.39 is 5.91 Å². The molecule has 0 unspecified atom stereocenters. The van der Waals surface area contributed by atoms with Crippen LogP contribution in [0.4, 0.5) is 0 Å². The second-order valence-corrected chi connectivity index (χ2v) is 8.47. The molecular weight excluding hydrogens is 476 g/mol. The number of rotatable bonds is 7. The minimum atomic E-state index is -0.519. The van der Waals surface area contributed by atoms with E-state index in [4.69, 9.17) is 30.9 Å². The summed E-state index contributed by atoms with van der Waals surface area (Å²) in [5, 5.41) is 15.4. The number of amides is 1. The molecule has 0 saturated carbocycles. The lowest BCUT2D eigenvalue weighted by atomic mass is 10.1. The summed E-state index contributed by atoms with van der Waals surface area (Å²) < 4.78 is 16.7. The van der Waals surface area contributed by atoms with E-state index in [0.29, 0.717) is 45.5 Å².